The smallest absolute Gasteiger partial charge is 0.263 e. The highest BCUT2D eigenvalue weighted by molar-refractivity contribution is 7.89. The fourth-order valence-corrected chi connectivity index (χ4v) is 6.46. The SMILES string of the molecule is Cn1cc(C(=O)N2CCN(c3ccccc3F)CC2)c(S(=O)(=O)N2CCN(c3ccc(Cl)cc3)CC2)n1. The number of sulfonamides is 1. The van der Waals surface area contributed by atoms with E-state index in [0.29, 0.717) is 50.0 Å². The fraction of sp³-hybridized carbons (Fsp3) is 0.360. The van der Waals surface area contributed by atoms with Gasteiger partial charge in [0.15, 0.2) is 0 Å². The van der Waals surface area contributed by atoms with Crippen molar-refractivity contribution in [2.24, 2.45) is 7.05 Å². The largest absolute Gasteiger partial charge is 0.369 e. The molecule has 3 heterocycles. The van der Waals surface area contributed by atoms with Gasteiger partial charge >= 0.3 is 0 Å². The molecule has 0 aliphatic carbocycles. The Labute approximate surface area is 220 Å². The molecule has 0 saturated carbocycles. The van der Waals surface area contributed by atoms with Crippen molar-refractivity contribution in [1.29, 1.82) is 0 Å². The summed E-state index contributed by atoms with van der Waals surface area (Å²) in [5, 5.41) is 4.60. The van der Waals surface area contributed by atoms with Crippen LogP contribution in [0.25, 0.3) is 0 Å². The molecular weight excluding hydrogens is 519 g/mol. The molecule has 196 valence electrons. The Morgan fingerprint density at radius 1 is 0.892 bits per heavy atom. The lowest BCUT2D eigenvalue weighted by atomic mass is 10.2. The minimum Gasteiger partial charge on any atom is -0.369 e. The number of carbonyl (C=O) groups excluding carboxylic acids is 1. The van der Waals surface area contributed by atoms with Crippen LogP contribution in [0.1, 0.15) is 10.4 Å². The van der Waals surface area contributed by atoms with Crippen molar-refractivity contribution in [2.45, 2.75) is 5.03 Å². The van der Waals surface area contributed by atoms with Gasteiger partial charge in [0, 0.05) is 76.3 Å². The molecule has 5 rings (SSSR count). The number of hydrogen-bond donors (Lipinski definition) is 0. The van der Waals surface area contributed by atoms with Crippen LogP contribution in [0.2, 0.25) is 5.02 Å². The highest BCUT2D eigenvalue weighted by Gasteiger charge is 2.36. The molecule has 0 bridgehead atoms. The summed E-state index contributed by atoms with van der Waals surface area (Å²) in [4.78, 5) is 19.0. The van der Waals surface area contributed by atoms with E-state index in [1.807, 2.05) is 29.2 Å². The molecule has 2 aliphatic rings. The number of benzene rings is 2. The van der Waals surface area contributed by atoms with Crippen LogP contribution in [0.4, 0.5) is 15.8 Å². The summed E-state index contributed by atoms with van der Waals surface area (Å²) in [5.74, 6) is -0.696. The Hall–Kier alpha value is -3.15. The lowest BCUT2D eigenvalue weighted by Crippen LogP contribution is -2.50. The summed E-state index contributed by atoms with van der Waals surface area (Å²) in [6, 6.07) is 14.0. The van der Waals surface area contributed by atoms with E-state index in [0.717, 1.165) is 5.69 Å². The fourth-order valence-electron chi connectivity index (χ4n) is 4.80. The molecular formula is C25H28ClFN6O3S. The van der Waals surface area contributed by atoms with Gasteiger partial charge in [-0.1, -0.05) is 23.7 Å². The zero-order valence-electron chi connectivity index (χ0n) is 20.4. The molecule has 1 amide bonds. The zero-order valence-corrected chi connectivity index (χ0v) is 22.0. The highest BCUT2D eigenvalue weighted by Crippen LogP contribution is 2.26. The van der Waals surface area contributed by atoms with Gasteiger partial charge in [0.2, 0.25) is 5.03 Å². The van der Waals surface area contributed by atoms with Gasteiger partial charge in [0.1, 0.15) is 5.82 Å². The minimum atomic E-state index is -3.98. The second-order valence-corrected chi connectivity index (χ2v) is 11.4. The van der Waals surface area contributed by atoms with Crippen LogP contribution in [-0.2, 0) is 17.1 Å². The Balaban J connectivity index is 1.28. The van der Waals surface area contributed by atoms with E-state index in [2.05, 4.69) is 10.00 Å². The first-order valence-corrected chi connectivity index (χ1v) is 13.9. The normalized spacial score (nSPS) is 17.3. The summed E-state index contributed by atoms with van der Waals surface area (Å²) in [6.07, 6.45) is 1.46. The van der Waals surface area contributed by atoms with Crippen molar-refractivity contribution in [2.75, 3.05) is 62.2 Å². The molecule has 0 N–H and O–H groups in total. The Morgan fingerprint density at radius 2 is 1.51 bits per heavy atom. The third-order valence-electron chi connectivity index (χ3n) is 6.80. The second kappa shape index (κ2) is 10.3. The number of anilines is 2. The third-order valence-corrected chi connectivity index (χ3v) is 8.89. The lowest BCUT2D eigenvalue weighted by Gasteiger charge is -2.36. The van der Waals surface area contributed by atoms with E-state index in [4.69, 9.17) is 11.6 Å². The standard InChI is InChI=1S/C25H28ClFN6O3S/c1-29-18-21(25(34)32-12-10-31(11-13-32)23-5-3-2-4-22(23)27)24(28-29)37(35,36)33-16-14-30(15-17-33)20-8-6-19(26)7-9-20/h2-9,18H,10-17H2,1H3. The van der Waals surface area contributed by atoms with Gasteiger partial charge in [-0.25, -0.2) is 12.8 Å². The summed E-state index contributed by atoms with van der Waals surface area (Å²) < 4.78 is 44.1. The predicted octanol–water partition coefficient (Wildman–Crippen LogP) is 2.69. The van der Waals surface area contributed by atoms with Gasteiger partial charge < -0.3 is 14.7 Å². The van der Waals surface area contributed by atoms with Crippen molar-refractivity contribution in [3.63, 3.8) is 0 Å². The van der Waals surface area contributed by atoms with E-state index in [-0.39, 0.29) is 35.4 Å². The molecule has 9 nitrogen and oxygen atoms in total. The topological polar surface area (TPSA) is 82.0 Å². The van der Waals surface area contributed by atoms with E-state index in [1.54, 1.807) is 30.1 Å². The monoisotopic (exact) mass is 546 g/mol. The molecule has 2 aliphatic heterocycles. The zero-order chi connectivity index (χ0) is 26.2. The Morgan fingerprint density at radius 3 is 2.16 bits per heavy atom. The van der Waals surface area contributed by atoms with Gasteiger partial charge in [-0.15, -0.1) is 0 Å². The average Bonchev–Trinajstić information content (AvgIpc) is 3.32. The van der Waals surface area contributed by atoms with Gasteiger partial charge in [-0.3, -0.25) is 9.48 Å². The van der Waals surface area contributed by atoms with Crippen molar-refractivity contribution < 1.29 is 17.6 Å². The molecule has 3 aromatic rings. The maximum Gasteiger partial charge on any atom is 0.263 e. The first kappa shape index (κ1) is 25.5. The number of aryl methyl sites for hydroxylation is 1. The number of hydrogen-bond acceptors (Lipinski definition) is 6. The number of piperazine rings is 2. The molecule has 2 fully saturated rings. The van der Waals surface area contributed by atoms with Crippen LogP contribution >= 0.6 is 11.6 Å². The summed E-state index contributed by atoms with van der Waals surface area (Å²) >= 11 is 5.98. The van der Waals surface area contributed by atoms with E-state index in [1.165, 1.54) is 21.3 Å². The number of halogens is 2. The number of para-hydroxylation sites is 1. The maximum absolute atomic E-state index is 14.2. The summed E-state index contributed by atoms with van der Waals surface area (Å²) in [5.41, 5.74) is 1.53. The van der Waals surface area contributed by atoms with E-state index in [9.17, 15) is 17.6 Å². The Kier molecular flexibility index (Phi) is 7.11. The van der Waals surface area contributed by atoms with Crippen molar-refractivity contribution in [3.05, 3.63) is 71.1 Å². The number of aromatic nitrogens is 2. The number of carbonyl (C=O) groups is 1. The molecule has 2 saturated heterocycles. The van der Waals surface area contributed by atoms with Crippen molar-refractivity contribution >= 4 is 38.9 Å². The number of rotatable bonds is 5. The Bertz CT molecular complexity index is 1380. The van der Waals surface area contributed by atoms with Crippen LogP contribution in [0.5, 0.6) is 0 Å². The molecule has 0 radical (unpaired) electrons. The van der Waals surface area contributed by atoms with Crippen LogP contribution in [-0.4, -0.2) is 85.7 Å². The first-order chi connectivity index (χ1) is 17.7. The summed E-state index contributed by atoms with van der Waals surface area (Å²) in [7, 11) is -2.38. The molecule has 0 spiro atoms. The van der Waals surface area contributed by atoms with Crippen LogP contribution in [0.3, 0.4) is 0 Å². The predicted molar refractivity (Wildman–Crippen MR) is 140 cm³/mol. The van der Waals surface area contributed by atoms with Gasteiger partial charge in [0.25, 0.3) is 15.9 Å². The highest BCUT2D eigenvalue weighted by atomic mass is 35.5. The number of amides is 1. The molecule has 0 unspecified atom stereocenters. The van der Waals surface area contributed by atoms with Crippen LogP contribution in [0.15, 0.2) is 59.8 Å². The maximum atomic E-state index is 14.2. The van der Waals surface area contributed by atoms with E-state index < -0.39 is 10.0 Å². The van der Waals surface area contributed by atoms with Gasteiger partial charge in [-0.2, -0.15) is 9.40 Å². The van der Waals surface area contributed by atoms with Crippen molar-refractivity contribution in [1.82, 2.24) is 19.0 Å². The average molecular weight is 547 g/mol. The molecule has 2 aromatic carbocycles. The molecule has 1 aromatic heterocycles. The van der Waals surface area contributed by atoms with Crippen LogP contribution in [0, 0.1) is 5.82 Å². The van der Waals surface area contributed by atoms with Gasteiger partial charge in [0.05, 0.1) is 11.3 Å². The number of nitrogens with zero attached hydrogens (tertiary/aromatic N) is 6. The van der Waals surface area contributed by atoms with Gasteiger partial charge in [-0.05, 0) is 36.4 Å². The molecule has 0 atom stereocenters. The quantitative estimate of drug-likeness (QED) is 0.489. The summed E-state index contributed by atoms with van der Waals surface area (Å²) in [6.45, 7) is 3.16. The second-order valence-electron chi connectivity index (χ2n) is 9.12. The minimum absolute atomic E-state index is 0.0574. The van der Waals surface area contributed by atoms with E-state index >= 15 is 0 Å². The van der Waals surface area contributed by atoms with Crippen LogP contribution < -0.4 is 9.80 Å². The lowest BCUT2D eigenvalue weighted by molar-refractivity contribution is 0.0742. The first-order valence-electron chi connectivity index (χ1n) is 12.1. The van der Waals surface area contributed by atoms with Crippen molar-refractivity contribution in [3.8, 4) is 0 Å². The molecule has 37 heavy (non-hydrogen) atoms. The molecule has 12 heteroatoms. The third kappa shape index (κ3) is 5.16.